The number of aliphatic hydroxyl groups excluding tert-OH is 1. The number of ether oxygens (including phenoxy) is 2. The fraction of sp³-hybridized carbons (Fsp3) is 0.355. The monoisotopic (exact) mass is 594 g/mol. The molecule has 2 heterocycles. The Kier molecular flexibility index (Phi) is 11.5. The number of carboxylic acid groups (broad SMARTS) is 2. The first-order valence-corrected chi connectivity index (χ1v) is 14.7. The minimum Gasteiger partial charge on any atom is -0.481 e. The van der Waals surface area contributed by atoms with E-state index in [1.54, 1.807) is 24.4 Å². The van der Waals surface area contributed by atoms with Crippen LogP contribution in [0.4, 0.5) is 5.69 Å². The van der Waals surface area contributed by atoms with Gasteiger partial charge in [-0.05, 0) is 48.2 Å². The summed E-state index contributed by atoms with van der Waals surface area (Å²) in [6.07, 6.45) is 3.09. The van der Waals surface area contributed by atoms with Crippen molar-refractivity contribution < 1.29 is 39.2 Å². The van der Waals surface area contributed by atoms with E-state index in [1.165, 1.54) is 17.8 Å². The Bertz CT molecular complexity index is 1350. The summed E-state index contributed by atoms with van der Waals surface area (Å²) in [6, 6.07) is 17.9. The lowest BCUT2D eigenvalue weighted by atomic mass is 10.0. The normalized spacial score (nSPS) is 18.4. The van der Waals surface area contributed by atoms with Crippen LogP contribution in [0.5, 0.6) is 0 Å². The highest BCUT2D eigenvalue weighted by Gasteiger charge is 2.32. The zero-order valence-corrected chi connectivity index (χ0v) is 23.8. The molecule has 1 aliphatic rings. The number of unbranched alkanes of at least 4 members (excludes halogenated alkanes) is 2. The zero-order chi connectivity index (χ0) is 29.9. The molecule has 1 fully saturated rings. The van der Waals surface area contributed by atoms with Gasteiger partial charge in [-0.15, -0.1) is 11.8 Å². The van der Waals surface area contributed by atoms with Crippen LogP contribution < -0.4 is 5.32 Å². The van der Waals surface area contributed by atoms with Crippen molar-refractivity contribution in [2.24, 2.45) is 0 Å². The molecule has 1 amide bonds. The Hall–Kier alpha value is -3.77. The summed E-state index contributed by atoms with van der Waals surface area (Å²) in [5.74, 6) is -1.55. The molecule has 11 heteroatoms. The first-order valence-electron chi connectivity index (χ1n) is 13.8. The van der Waals surface area contributed by atoms with Gasteiger partial charge in [-0.2, -0.15) is 0 Å². The Morgan fingerprint density at radius 1 is 0.905 bits per heavy atom. The first-order chi connectivity index (χ1) is 20.3. The molecule has 4 rings (SSSR count). The maximum Gasteiger partial charge on any atom is 0.338 e. The summed E-state index contributed by atoms with van der Waals surface area (Å²) >= 11 is 1.32. The number of rotatable bonds is 14. The number of benzene rings is 2. The van der Waals surface area contributed by atoms with Gasteiger partial charge >= 0.3 is 11.9 Å². The van der Waals surface area contributed by atoms with Gasteiger partial charge in [-0.25, -0.2) is 9.78 Å². The number of carboxylic acids is 2. The lowest BCUT2D eigenvalue weighted by molar-refractivity contribution is -0.245. The van der Waals surface area contributed by atoms with E-state index < -0.39 is 18.2 Å². The fourth-order valence-electron chi connectivity index (χ4n) is 4.55. The van der Waals surface area contributed by atoms with Crippen molar-refractivity contribution in [1.29, 1.82) is 0 Å². The Morgan fingerprint density at radius 2 is 1.62 bits per heavy atom. The number of pyridine rings is 1. The third kappa shape index (κ3) is 9.12. The van der Waals surface area contributed by atoms with Crippen molar-refractivity contribution in [2.75, 3.05) is 11.1 Å². The molecule has 3 atom stereocenters. The number of nitrogens with zero attached hydrogens (tertiary/aromatic N) is 1. The maximum absolute atomic E-state index is 12.3. The average molecular weight is 595 g/mol. The van der Waals surface area contributed by atoms with Crippen LogP contribution >= 0.6 is 11.8 Å². The van der Waals surface area contributed by atoms with E-state index in [0.717, 1.165) is 16.7 Å². The van der Waals surface area contributed by atoms with Crippen LogP contribution in [0.2, 0.25) is 0 Å². The highest BCUT2D eigenvalue weighted by molar-refractivity contribution is 7.99. The predicted molar refractivity (Wildman–Crippen MR) is 156 cm³/mol. The Morgan fingerprint density at radius 3 is 2.31 bits per heavy atom. The molecule has 0 aliphatic carbocycles. The molecule has 4 N–H and O–H groups in total. The van der Waals surface area contributed by atoms with E-state index in [0.29, 0.717) is 48.6 Å². The highest BCUT2D eigenvalue weighted by Crippen LogP contribution is 2.39. The number of carbonyl (C=O) groups is 3. The van der Waals surface area contributed by atoms with Gasteiger partial charge in [0.05, 0.1) is 24.4 Å². The Balaban J connectivity index is 1.42. The van der Waals surface area contributed by atoms with E-state index >= 15 is 0 Å². The van der Waals surface area contributed by atoms with E-state index in [2.05, 4.69) is 10.3 Å². The van der Waals surface area contributed by atoms with Crippen LogP contribution in [0.15, 0.2) is 71.9 Å². The van der Waals surface area contributed by atoms with E-state index in [-0.39, 0.29) is 36.7 Å². The predicted octanol–water partition coefficient (Wildman–Crippen LogP) is 5.58. The molecule has 1 aliphatic heterocycles. The van der Waals surface area contributed by atoms with Gasteiger partial charge in [-0.3, -0.25) is 9.59 Å². The summed E-state index contributed by atoms with van der Waals surface area (Å²) in [5, 5.41) is 30.9. The SMILES string of the molecule is O=C(O)CCCCCC(=O)Nc1ccc([C@H]2O[C@@H](CSc3ncccc3C(=O)O)C[C@@H](c3ccc(CO)cc3)O2)cc1. The maximum atomic E-state index is 12.3. The number of hydrogen-bond acceptors (Lipinski definition) is 8. The summed E-state index contributed by atoms with van der Waals surface area (Å²) in [7, 11) is 0. The summed E-state index contributed by atoms with van der Waals surface area (Å²) in [6.45, 7) is -0.0552. The number of anilines is 1. The molecule has 0 saturated carbocycles. The summed E-state index contributed by atoms with van der Waals surface area (Å²) < 4.78 is 12.7. The Labute approximate surface area is 248 Å². The fourth-order valence-corrected chi connectivity index (χ4v) is 5.55. The minimum absolute atomic E-state index is 0.0552. The molecule has 0 radical (unpaired) electrons. The molecule has 0 bridgehead atoms. The van der Waals surface area contributed by atoms with Crippen LogP contribution in [0.3, 0.4) is 0 Å². The van der Waals surface area contributed by atoms with Crippen molar-refractivity contribution in [3.8, 4) is 0 Å². The molecule has 0 unspecified atom stereocenters. The average Bonchev–Trinajstić information content (AvgIpc) is 3.00. The van der Waals surface area contributed by atoms with Gasteiger partial charge in [0.15, 0.2) is 6.29 Å². The molecule has 1 aromatic heterocycles. The van der Waals surface area contributed by atoms with Crippen LogP contribution in [0.25, 0.3) is 0 Å². The molecule has 10 nitrogen and oxygen atoms in total. The van der Waals surface area contributed by atoms with Gasteiger partial charge < -0.3 is 30.1 Å². The topological polar surface area (TPSA) is 155 Å². The third-order valence-electron chi connectivity index (χ3n) is 6.78. The van der Waals surface area contributed by atoms with Crippen LogP contribution in [-0.2, 0) is 25.7 Å². The second-order valence-corrected chi connectivity index (χ2v) is 11.0. The lowest BCUT2D eigenvalue weighted by Crippen LogP contribution is -2.31. The number of aliphatic carboxylic acids is 1. The minimum atomic E-state index is -1.04. The van der Waals surface area contributed by atoms with Crippen molar-refractivity contribution >= 4 is 35.3 Å². The quantitative estimate of drug-likeness (QED) is 0.137. The highest BCUT2D eigenvalue weighted by atomic mass is 32.2. The third-order valence-corrected chi connectivity index (χ3v) is 7.92. The van der Waals surface area contributed by atoms with Crippen LogP contribution in [-0.4, -0.2) is 50.0 Å². The second kappa shape index (κ2) is 15.5. The molecule has 42 heavy (non-hydrogen) atoms. The van der Waals surface area contributed by atoms with Gasteiger partial charge in [0.25, 0.3) is 0 Å². The van der Waals surface area contributed by atoms with Gasteiger partial charge in [0.1, 0.15) is 5.03 Å². The largest absolute Gasteiger partial charge is 0.481 e. The van der Waals surface area contributed by atoms with Gasteiger partial charge in [-0.1, -0.05) is 42.8 Å². The zero-order valence-electron chi connectivity index (χ0n) is 23.0. The van der Waals surface area contributed by atoms with E-state index in [4.69, 9.17) is 14.6 Å². The number of carbonyl (C=O) groups excluding carboxylic acids is 1. The molecule has 3 aromatic rings. The summed E-state index contributed by atoms with van der Waals surface area (Å²) in [4.78, 5) is 38.8. The van der Waals surface area contributed by atoms with Gasteiger partial charge in [0.2, 0.25) is 5.91 Å². The molecule has 1 saturated heterocycles. The lowest BCUT2D eigenvalue weighted by Gasteiger charge is -2.36. The summed E-state index contributed by atoms with van der Waals surface area (Å²) in [5.41, 5.74) is 3.26. The van der Waals surface area contributed by atoms with Crippen molar-refractivity contribution in [3.05, 3.63) is 89.1 Å². The number of aromatic nitrogens is 1. The molecular weight excluding hydrogens is 560 g/mol. The van der Waals surface area contributed by atoms with Crippen molar-refractivity contribution in [1.82, 2.24) is 4.98 Å². The van der Waals surface area contributed by atoms with Gasteiger partial charge in [0, 0.05) is 42.5 Å². The number of nitrogens with one attached hydrogen (secondary N) is 1. The molecule has 0 spiro atoms. The van der Waals surface area contributed by atoms with Crippen molar-refractivity contribution in [2.45, 2.75) is 68.7 Å². The van der Waals surface area contributed by atoms with E-state index in [1.807, 2.05) is 36.4 Å². The number of aromatic carboxylic acids is 1. The molecule has 2 aromatic carbocycles. The van der Waals surface area contributed by atoms with E-state index in [9.17, 15) is 24.6 Å². The number of hydrogen-bond donors (Lipinski definition) is 4. The molecular formula is C31H34N2O8S. The van der Waals surface area contributed by atoms with Crippen LogP contribution in [0, 0.1) is 0 Å². The number of amides is 1. The number of aliphatic hydroxyl groups is 1. The smallest absolute Gasteiger partial charge is 0.338 e. The second-order valence-electron chi connectivity index (χ2n) is 9.95. The first kappa shape index (κ1) is 31.2. The van der Waals surface area contributed by atoms with Crippen molar-refractivity contribution in [3.63, 3.8) is 0 Å². The van der Waals surface area contributed by atoms with Crippen LogP contribution in [0.1, 0.15) is 78.0 Å². The molecule has 222 valence electrons. The number of thioether (sulfide) groups is 1. The standard InChI is InChI=1S/C31H34N2O8S/c34-18-20-8-10-21(11-9-20)26-17-24(19-42-29-25(30(38)39)5-4-16-32-29)40-31(41-26)22-12-14-23(15-13-22)33-27(35)6-2-1-3-7-28(36)37/h4-5,8-16,24,26,31,34H,1-3,6-7,17-19H2,(H,33,35)(H,36,37)(H,38,39)/t24-,26+,31+/m1/s1.